The SMILES string of the molecule is O=C(NCc1ccc(C(=O)O)o1)NC1C2C3CCC(C3)C12. The quantitative estimate of drug-likeness (QED) is 0.788. The van der Waals surface area contributed by atoms with Crippen LogP contribution in [0.5, 0.6) is 0 Å². The summed E-state index contributed by atoms with van der Waals surface area (Å²) in [4.78, 5) is 22.6. The van der Waals surface area contributed by atoms with E-state index < -0.39 is 5.97 Å². The Bertz CT molecular complexity index is 580. The fourth-order valence-electron chi connectivity index (χ4n) is 4.48. The van der Waals surface area contributed by atoms with E-state index in [-0.39, 0.29) is 18.3 Å². The Morgan fingerprint density at radius 2 is 1.95 bits per heavy atom. The van der Waals surface area contributed by atoms with Gasteiger partial charge in [0.1, 0.15) is 5.76 Å². The average molecular weight is 290 g/mol. The van der Waals surface area contributed by atoms with Crippen LogP contribution in [-0.2, 0) is 6.54 Å². The number of furan rings is 1. The zero-order chi connectivity index (χ0) is 14.6. The van der Waals surface area contributed by atoms with Gasteiger partial charge in [-0.1, -0.05) is 0 Å². The highest BCUT2D eigenvalue weighted by atomic mass is 16.4. The highest BCUT2D eigenvalue weighted by Crippen LogP contribution is 2.65. The minimum absolute atomic E-state index is 0.111. The predicted octanol–water partition coefficient (Wildman–Crippen LogP) is 1.82. The molecule has 2 bridgehead atoms. The van der Waals surface area contributed by atoms with Crippen molar-refractivity contribution >= 4 is 12.0 Å². The molecule has 112 valence electrons. The molecule has 3 N–H and O–H groups in total. The zero-order valence-corrected chi connectivity index (χ0v) is 11.5. The molecule has 3 aliphatic rings. The van der Waals surface area contributed by atoms with Crippen LogP contribution in [0, 0.1) is 23.7 Å². The number of carboxylic acids is 1. The first-order chi connectivity index (χ1) is 10.1. The van der Waals surface area contributed by atoms with Crippen LogP contribution in [0.3, 0.4) is 0 Å². The lowest BCUT2D eigenvalue weighted by Crippen LogP contribution is -2.38. The van der Waals surface area contributed by atoms with Gasteiger partial charge in [-0.3, -0.25) is 0 Å². The molecule has 0 saturated heterocycles. The Hall–Kier alpha value is -1.98. The number of aromatic carboxylic acids is 1. The van der Waals surface area contributed by atoms with Crippen molar-refractivity contribution in [3.05, 3.63) is 23.7 Å². The predicted molar refractivity (Wildman–Crippen MR) is 72.6 cm³/mol. The third-order valence-electron chi connectivity index (χ3n) is 5.33. The molecule has 1 heterocycles. The lowest BCUT2D eigenvalue weighted by atomic mass is 10.0. The topological polar surface area (TPSA) is 91.6 Å². The number of amides is 2. The fraction of sp³-hybridized carbons (Fsp3) is 0.600. The molecule has 0 spiro atoms. The Labute approximate surface area is 121 Å². The molecule has 2 amide bonds. The number of urea groups is 1. The minimum Gasteiger partial charge on any atom is -0.475 e. The van der Waals surface area contributed by atoms with Crippen molar-refractivity contribution < 1.29 is 19.1 Å². The second kappa shape index (κ2) is 4.51. The molecule has 6 heteroatoms. The molecule has 1 aromatic rings. The highest BCUT2D eigenvalue weighted by Gasteiger charge is 2.65. The number of carbonyl (C=O) groups is 2. The molecule has 0 radical (unpaired) electrons. The standard InChI is InChI=1S/C15H18N2O4/c18-14(19)10-4-3-9(21-10)6-16-15(20)17-13-11-7-1-2-8(5-7)12(11)13/h3-4,7-8,11-13H,1-2,5-6H2,(H,18,19)(H2,16,17,20). The van der Waals surface area contributed by atoms with Gasteiger partial charge in [-0.25, -0.2) is 9.59 Å². The summed E-state index contributed by atoms with van der Waals surface area (Å²) in [5.74, 6) is 2.29. The Kier molecular flexibility index (Phi) is 2.74. The lowest BCUT2D eigenvalue weighted by Gasteiger charge is -2.11. The van der Waals surface area contributed by atoms with Crippen LogP contribution in [0.4, 0.5) is 4.79 Å². The molecule has 4 atom stereocenters. The smallest absolute Gasteiger partial charge is 0.371 e. The molecular weight excluding hydrogens is 272 g/mol. The summed E-state index contributed by atoms with van der Waals surface area (Å²) < 4.78 is 5.09. The van der Waals surface area contributed by atoms with Crippen molar-refractivity contribution in [1.29, 1.82) is 0 Å². The van der Waals surface area contributed by atoms with Crippen LogP contribution >= 0.6 is 0 Å². The summed E-state index contributed by atoms with van der Waals surface area (Å²) in [6.07, 6.45) is 4.02. The van der Waals surface area contributed by atoms with E-state index in [1.807, 2.05) is 0 Å². The number of hydrogen-bond donors (Lipinski definition) is 3. The van der Waals surface area contributed by atoms with Gasteiger partial charge in [0.05, 0.1) is 6.54 Å². The fourth-order valence-corrected chi connectivity index (χ4v) is 4.48. The number of rotatable bonds is 4. The van der Waals surface area contributed by atoms with E-state index in [9.17, 15) is 9.59 Å². The first-order valence-electron chi connectivity index (χ1n) is 7.50. The van der Waals surface area contributed by atoms with Crippen molar-refractivity contribution in [2.45, 2.75) is 31.8 Å². The number of hydrogen-bond acceptors (Lipinski definition) is 3. The van der Waals surface area contributed by atoms with Gasteiger partial charge in [-0.05, 0) is 55.1 Å². The second-order valence-corrected chi connectivity index (χ2v) is 6.41. The average Bonchev–Trinajstić information content (AvgIpc) is 2.92. The van der Waals surface area contributed by atoms with E-state index in [2.05, 4.69) is 10.6 Å². The first kappa shape index (κ1) is 12.7. The maximum absolute atomic E-state index is 11.9. The van der Waals surface area contributed by atoms with Crippen molar-refractivity contribution in [3.63, 3.8) is 0 Å². The summed E-state index contributed by atoms with van der Waals surface area (Å²) >= 11 is 0. The summed E-state index contributed by atoms with van der Waals surface area (Å²) in [7, 11) is 0. The van der Waals surface area contributed by atoms with Crippen LogP contribution in [0.2, 0.25) is 0 Å². The van der Waals surface area contributed by atoms with Gasteiger partial charge >= 0.3 is 12.0 Å². The van der Waals surface area contributed by atoms with Gasteiger partial charge in [-0.15, -0.1) is 0 Å². The Morgan fingerprint density at radius 1 is 1.24 bits per heavy atom. The molecule has 3 saturated carbocycles. The van der Waals surface area contributed by atoms with E-state index in [4.69, 9.17) is 9.52 Å². The van der Waals surface area contributed by atoms with Crippen LogP contribution in [-0.4, -0.2) is 23.1 Å². The monoisotopic (exact) mass is 290 g/mol. The summed E-state index contributed by atoms with van der Waals surface area (Å²) in [6, 6.07) is 3.11. The minimum atomic E-state index is -1.10. The van der Waals surface area contributed by atoms with Crippen LogP contribution < -0.4 is 10.6 Å². The molecule has 3 fully saturated rings. The molecule has 4 rings (SSSR count). The molecule has 0 aromatic carbocycles. The third kappa shape index (κ3) is 2.09. The zero-order valence-electron chi connectivity index (χ0n) is 11.5. The molecular formula is C15H18N2O4. The summed E-state index contributed by atoms with van der Waals surface area (Å²) in [5, 5.41) is 14.5. The van der Waals surface area contributed by atoms with E-state index >= 15 is 0 Å². The molecule has 0 aliphatic heterocycles. The van der Waals surface area contributed by atoms with Gasteiger partial charge in [0.15, 0.2) is 0 Å². The van der Waals surface area contributed by atoms with Gasteiger partial charge in [0, 0.05) is 6.04 Å². The highest BCUT2D eigenvalue weighted by molar-refractivity contribution is 5.84. The van der Waals surface area contributed by atoms with Crippen molar-refractivity contribution in [2.24, 2.45) is 23.7 Å². The van der Waals surface area contributed by atoms with Crippen molar-refractivity contribution in [3.8, 4) is 0 Å². The van der Waals surface area contributed by atoms with Gasteiger partial charge in [0.2, 0.25) is 5.76 Å². The molecule has 3 aliphatic carbocycles. The molecule has 6 nitrogen and oxygen atoms in total. The Morgan fingerprint density at radius 3 is 2.57 bits per heavy atom. The van der Waals surface area contributed by atoms with E-state index in [1.165, 1.54) is 25.3 Å². The van der Waals surface area contributed by atoms with Crippen molar-refractivity contribution in [1.82, 2.24) is 10.6 Å². The normalized spacial score (nSPS) is 35.3. The number of carboxylic acid groups (broad SMARTS) is 1. The number of fused-ring (bicyclic) bond motifs is 5. The maximum atomic E-state index is 11.9. The molecule has 4 unspecified atom stereocenters. The second-order valence-electron chi connectivity index (χ2n) is 6.41. The molecule has 1 aromatic heterocycles. The van der Waals surface area contributed by atoms with E-state index in [0.29, 0.717) is 23.6 Å². The van der Waals surface area contributed by atoms with Gasteiger partial charge in [0.25, 0.3) is 0 Å². The maximum Gasteiger partial charge on any atom is 0.371 e. The van der Waals surface area contributed by atoms with Crippen LogP contribution in [0.1, 0.15) is 35.6 Å². The third-order valence-corrected chi connectivity index (χ3v) is 5.33. The van der Waals surface area contributed by atoms with Crippen molar-refractivity contribution in [2.75, 3.05) is 0 Å². The van der Waals surface area contributed by atoms with E-state index in [1.54, 1.807) is 6.07 Å². The number of nitrogens with one attached hydrogen (secondary N) is 2. The summed E-state index contributed by atoms with van der Waals surface area (Å²) in [5.41, 5.74) is 0. The van der Waals surface area contributed by atoms with Gasteiger partial charge in [-0.2, -0.15) is 0 Å². The van der Waals surface area contributed by atoms with Crippen LogP contribution in [0.25, 0.3) is 0 Å². The van der Waals surface area contributed by atoms with Gasteiger partial charge < -0.3 is 20.2 Å². The lowest BCUT2D eigenvalue weighted by molar-refractivity contribution is 0.0660. The largest absolute Gasteiger partial charge is 0.475 e. The molecule has 21 heavy (non-hydrogen) atoms. The first-order valence-corrected chi connectivity index (χ1v) is 7.50. The Balaban J connectivity index is 1.26. The number of carbonyl (C=O) groups excluding carboxylic acids is 1. The summed E-state index contributed by atoms with van der Waals surface area (Å²) in [6.45, 7) is 0.202. The van der Waals surface area contributed by atoms with E-state index in [0.717, 1.165) is 11.8 Å². The van der Waals surface area contributed by atoms with Crippen LogP contribution in [0.15, 0.2) is 16.5 Å².